The highest BCUT2D eigenvalue weighted by molar-refractivity contribution is 9.11. The highest BCUT2D eigenvalue weighted by atomic mass is 79.9. The van der Waals surface area contributed by atoms with E-state index in [1.807, 2.05) is 32.9 Å². The predicted octanol–water partition coefficient (Wildman–Crippen LogP) is 3.67. The van der Waals surface area contributed by atoms with Gasteiger partial charge in [-0.3, -0.25) is 9.59 Å². The van der Waals surface area contributed by atoms with Gasteiger partial charge in [0.25, 0.3) is 0 Å². The first kappa shape index (κ1) is 15.5. The van der Waals surface area contributed by atoms with Crippen LogP contribution in [0.15, 0.2) is 15.9 Å². The van der Waals surface area contributed by atoms with E-state index in [0.717, 1.165) is 8.66 Å². The molecule has 4 nitrogen and oxygen atoms in total. The van der Waals surface area contributed by atoms with Gasteiger partial charge in [-0.25, -0.2) is 0 Å². The molecule has 1 fully saturated rings. The van der Waals surface area contributed by atoms with Gasteiger partial charge >= 0.3 is 5.97 Å². The van der Waals surface area contributed by atoms with Gasteiger partial charge < -0.3 is 10.0 Å². The van der Waals surface area contributed by atoms with Crippen molar-refractivity contribution in [2.24, 2.45) is 5.92 Å². The average Bonchev–Trinajstić information content (AvgIpc) is 2.73. The van der Waals surface area contributed by atoms with E-state index in [2.05, 4.69) is 15.9 Å². The molecule has 1 aromatic heterocycles. The lowest BCUT2D eigenvalue weighted by atomic mass is 9.84. The molecule has 0 aromatic carbocycles. The van der Waals surface area contributed by atoms with Gasteiger partial charge in [0, 0.05) is 16.8 Å². The molecule has 2 unspecified atom stereocenters. The number of carboxylic acids is 1. The van der Waals surface area contributed by atoms with Crippen LogP contribution in [-0.4, -0.2) is 27.4 Å². The Morgan fingerprint density at radius 1 is 1.45 bits per heavy atom. The first-order valence-electron chi connectivity index (χ1n) is 6.52. The molecule has 0 saturated carbocycles. The number of hydrogen-bond donors (Lipinski definition) is 1. The van der Waals surface area contributed by atoms with Crippen molar-refractivity contribution < 1.29 is 14.7 Å². The van der Waals surface area contributed by atoms with Crippen molar-refractivity contribution in [1.82, 2.24) is 4.90 Å². The second-order valence-corrected chi connectivity index (χ2v) is 8.50. The molecule has 0 spiro atoms. The van der Waals surface area contributed by atoms with E-state index in [1.165, 1.54) is 11.3 Å². The number of thiophene rings is 1. The van der Waals surface area contributed by atoms with Gasteiger partial charge in [0.15, 0.2) is 0 Å². The zero-order chi connectivity index (χ0) is 15.1. The van der Waals surface area contributed by atoms with E-state index in [9.17, 15) is 14.7 Å². The summed E-state index contributed by atoms with van der Waals surface area (Å²) < 4.78 is 0.948. The van der Waals surface area contributed by atoms with Gasteiger partial charge in [0.1, 0.15) is 0 Å². The zero-order valence-electron chi connectivity index (χ0n) is 11.7. The van der Waals surface area contributed by atoms with E-state index in [0.29, 0.717) is 12.8 Å². The minimum absolute atomic E-state index is 0.0320. The second-order valence-electron chi connectivity index (χ2n) is 6.00. The summed E-state index contributed by atoms with van der Waals surface area (Å²) in [6.07, 6.45) is 0.707. The Morgan fingerprint density at radius 2 is 2.10 bits per heavy atom. The van der Waals surface area contributed by atoms with Crippen LogP contribution in [0, 0.1) is 5.92 Å². The Morgan fingerprint density at radius 3 is 2.55 bits per heavy atom. The number of halogens is 1. The van der Waals surface area contributed by atoms with Gasteiger partial charge in [-0.1, -0.05) is 0 Å². The number of likely N-dealkylation sites (tertiary alicyclic amines) is 1. The van der Waals surface area contributed by atoms with Crippen molar-refractivity contribution in [3.05, 3.63) is 20.8 Å². The maximum atomic E-state index is 12.3. The first-order chi connectivity index (χ1) is 9.21. The molecule has 2 atom stereocenters. The van der Waals surface area contributed by atoms with E-state index >= 15 is 0 Å². The molecule has 1 N–H and O–H groups in total. The number of nitrogens with zero attached hydrogens (tertiary/aromatic N) is 1. The molecule has 6 heteroatoms. The number of carbonyl (C=O) groups excluding carboxylic acids is 1. The summed E-state index contributed by atoms with van der Waals surface area (Å²) in [6, 6.07) is 3.43. The van der Waals surface area contributed by atoms with Crippen LogP contribution in [0.2, 0.25) is 0 Å². The van der Waals surface area contributed by atoms with Crippen LogP contribution >= 0.6 is 27.3 Å². The molecule has 2 heterocycles. The molecular formula is C14H18BrNO3S. The topological polar surface area (TPSA) is 57.6 Å². The van der Waals surface area contributed by atoms with Crippen molar-refractivity contribution in [3.8, 4) is 0 Å². The normalized spacial score (nSPS) is 24.0. The number of hydrogen-bond acceptors (Lipinski definition) is 3. The third-order valence-electron chi connectivity index (χ3n) is 3.52. The Hall–Kier alpha value is -0.880. The third kappa shape index (κ3) is 2.91. The second kappa shape index (κ2) is 5.48. The Balaban J connectivity index is 2.50. The molecular weight excluding hydrogens is 342 g/mol. The number of carboxylic acid groups (broad SMARTS) is 1. The smallest absolute Gasteiger partial charge is 0.308 e. The van der Waals surface area contributed by atoms with Crippen molar-refractivity contribution in [1.29, 1.82) is 0 Å². The first-order valence-corrected chi connectivity index (χ1v) is 8.13. The molecule has 0 bridgehead atoms. The highest BCUT2D eigenvalue weighted by Gasteiger charge is 2.45. The fourth-order valence-electron chi connectivity index (χ4n) is 2.76. The van der Waals surface area contributed by atoms with E-state index < -0.39 is 17.4 Å². The van der Waals surface area contributed by atoms with Crippen molar-refractivity contribution in [3.63, 3.8) is 0 Å². The molecule has 20 heavy (non-hydrogen) atoms. The van der Waals surface area contributed by atoms with Crippen LogP contribution < -0.4 is 0 Å². The fourth-order valence-corrected chi connectivity index (χ4v) is 4.34. The van der Waals surface area contributed by atoms with E-state index in [-0.39, 0.29) is 11.9 Å². The van der Waals surface area contributed by atoms with Gasteiger partial charge in [0.2, 0.25) is 5.91 Å². The van der Waals surface area contributed by atoms with Crippen LogP contribution in [0.3, 0.4) is 0 Å². The minimum atomic E-state index is -0.832. The molecule has 0 aliphatic carbocycles. The predicted molar refractivity (Wildman–Crippen MR) is 81.7 cm³/mol. The molecule has 1 aliphatic rings. The summed E-state index contributed by atoms with van der Waals surface area (Å²) in [7, 11) is 0. The standard InChI is InChI=1S/C14H18BrNO3S/c1-14(2,3)16-11(17)7-4-8(13(18)19)12(16)9-5-6-10(15)20-9/h5-6,8,12H,4,7H2,1-3H3,(H,18,19). The van der Waals surface area contributed by atoms with Gasteiger partial charge in [-0.15, -0.1) is 11.3 Å². The SMILES string of the molecule is CC(C)(C)N1C(=O)CCC(C(=O)O)C1c1ccc(Br)s1. The molecule has 1 aliphatic heterocycles. The van der Waals surface area contributed by atoms with Crippen molar-refractivity contribution in [2.45, 2.75) is 45.2 Å². The summed E-state index contributed by atoms with van der Waals surface area (Å²) in [4.78, 5) is 26.6. The van der Waals surface area contributed by atoms with Crippen LogP contribution in [0.4, 0.5) is 0 Å². The molecule has 1 aromatic rings. The number of carbonyl (C=O) groups is 2. The van der Waals surface area contributed by atoms with Crippen LogP contribution in [0.25, 0.3) is 0 Å². The fraction of sp³-hybridized carbons (Fsp3) is 0.571. The lowest BCUT2D eigenvalue weighted by molar-refractivity contribution is -0.156. The summed E-state index contributed by atoms with van der Waals surface area (Å²) in [6.45, 7) is 5.85. The molecule has 110 valence electrons. The number of piperidine rings is 1. The van der Waals surface area contributed by atoms with Crippen molar-refractivity contribution >= 4 is 39.1 Å². The maximum Gasteiger partial charge on any atom is 0.308 e. The summed E-state index contributed by atoms with van der Waals surface area (Å²) in [5.74, 6) is -1.34. The van der Waals surface area contributed by atoms with Crippen LogP contribution in [-0.2, 0) is 9.59 Å². The van der Waals surface area contributed by atoms with Gasteiger partial charge in [-0.2, -0.15) is 0 Å². The average molecular weight is 360 g/mol. The Bertz CT molecular complexity index is 535. The van der Waals surface area contributed by atoms with Crippen LogP contribution in [0.1, 0.15) is 44.5 Å². The third-order valence-corrected chi connectivity index (χ3v) is 5.22. The molecule has 1 amide bonds. The summed E-state index contributed by atoms with van der Waals surface area (Å²) in [5, 5.41) is 9.50. The van der Waals surface area contributed by atoms with Gasteiger partial charge in [0.05, 0.1) is 15.7 Å². The van der Waals surface area contributed by atoms with Crippen molar-refractivity contribution in [2.75, 3.05) is 0 Å². The molecule has 2 rings (SSSR count). The Kier molecular flexibility index (Phi) is 4.25. The largest absolute Gasteiger partial charge is 0.481 e. The maximum absolute atomic E-state index is 12.3. The minimum Gasteiger partial charge on any atom is -0.481 e. The van der Waals surface area contributed by atoms with Gasteiger partial charge in [-0.05, 0) is 55.3 Å². The highest BCUT2D eigenvalue weighted by Crippen LogP contribution is 2.43. The molecule has 1 saturated heterocycles. The Labute approximate surface area is 130 Å². The van der Waals surface area contributed by atoms with Crippen LogP contribution in [0.5, 0.6) is 0 Å². The zero-order valence-corrected chi connectivity index (χ0v) is 14.1. The number of rotatable bonds is 2. The molecule has 0 radical (unpaired) electrons. The monoisotopic (exact) mass is 359 g/mol. The number of amides is 1. The lowest BCUT2D eigenvalue weighted by Gasteiger charge is -2.46. The lowest BCUT2D eigenvalue weighted by Crippen LogP contribution is -2.53. The van der Waals surface area contributed by atoms with E-state index in [1.54, 1.807) is 4.90 Å². The van der Waals surface area contributed by atoms with E-state index in [4.69, 9.17) is 0 Å². The number of aliphatic carboxylic acids is 1. The summed E-state index contributed by atoms with van der Waals surface area (Å²) in [5.41, 5.74) is -0.396. The summed E-state index contributed by atoms with van der Waals surface area (Å²) >= 11 is 4.91. The quantitative estimate of drug-likeness (QED) is 0.876.